The topological polar surface area (TPSA) is 12.0 Å². The summed E-state index contributed by atoms with van der Waals surface area (Å²) in [6.07, 6.45) is 8.10. The van der Waals surface area contributed by atoms with E-state index in [9.17, 15) is 0 Å². The molecular formula is C17H26ClN. The highest BCUT2D eigenvalue weighted by atomic mass is 35.5. The van der Waals surface area contributed by atoms with Crippen molar-refractivity contribution in [1.29, 1.82) is 0 Å². The fourth-order valence-corrected chi connectivity index (χ4v) is 3.86. The van der Waals surface area contributed by atoms with Gasteiger partial charge in [0.2, 0.25) is 0 Å². The lowest BCUT2D eigenvalue weighted by Gasteiger charge is -2.40. The summed E-state index contributed by atoms with van der Waals surface area (Å²) in [7, 11) is 2.05. The maximum Gasteiger partial charge on any atom is 0.0406 e. The molecule has 0 heterocycles. The van der Waals surface area contributed by atoms with Crippen LogP contribution in [0.5, 0.6) is 0 Å². The minimum absolute atomic E-state index is 0.388. The molecule has 2 heteroatoms. The van der Waals surface area contributed by atoms with Crippen molar-refractivity contribution in [2.45, 2.75) is 50.9 Å². The van der Waals surface area contributed by atoms with E-state index in [-0.39, 0.29) is 0 Å². The first-order chi connectivity index (χ1) is 9.16. The Morgan fingerprint density at radius 3 is 2.37 bits per heavy atom. The van der Waals surface area contributed by atoms with Crippen molar-refractivity contribution < 1.29 is 0 Å². The second kappa shape index (κ2) is 6.76. The average molecular weight is 280 g/mol. The molecule has 1 saturated carbocycles. The molecule has 1 fully saturated rings. The Morgan fingerprint density at radius 2 is 1.79 bits per heavy atom. The molecule has 0 amide bonds. The lowest BCUT2D eigenvalue weighted by atomic mass is 9.65. The van der Waals surface area contributed by atoms with Gasteiger partial charge in [0.1, 0.15) is 0 Å². The van der Waals surface area contributed by atoms with Gasteiger partial charge in [0.15, 0.2) is 0 Å². The van der Waals surface area contributed by atoms with E-state index in [4.69, 9.17) is 11.6 Å². The molecule has 1 aromatic rings. The first-order valence-corrected chi connectivity index (χ1v) is 7.95. The maximum atomic E-state index is 6.04. The molecule has 0 saturated heterocycles. The first-order valence-electron chi connectivity index (χ1n) is 7.57. The Hall–Kier alpha value is -0.530. The third kappa shape index (κ3) is 3.73. The molecule has 1 aliphatic rings. The van der Waals surface area contributed by atoms with Crippen LogP contribution in [0.25, 0.3) is 0 Å². The highest BCUT2D eigenvalue weighted by molar-refractivity contribution is 6.30. The third-order valence-corrected chi connectivity index (χ3v) is 4.81. The van der Waals surface area contributed by atoms with Crippen LogP contribution in [-0.4, -0.2) is 13.6 Å². The zero-order valence-electron chi connectivity index (χ0n) is 12.2. The number of rotatable bonds is 5. The summed E-state index contributed by atoms with van der Waals surface area (Å²) in [5, 5.41) is 4.16. The van der Waals surface area contributed by atoms with Crippen LogP contribution < -0.4 is 5.32 Å². The number of hydrogen-bond donors (Lipinski definition) is 1. The summed E-state index contributed by atoms with van der Waals surface area (Å²) in [6.45, 7) is 3.47. The molecule has 0 aromatic heterocycles. The van der Waals surface area contributed by atoms with Gasteiger partial charge in [-0.1, -0.05) is 49.9 Å². The van der Waals surface area contributed by atoms with Crippen molar-refractivity contribution in [3.05, 3.63) is 34.9 Å². The number of benzene rings is 1. The zero-order valence-corrected chi connectivity index (χ0v) is 13.0. The van der Waals surface area contributed by atoms with Gasteiger partial charge in [-0.3, -0.25) is 0 Å². The van der Waals surface area contributed by atoms with E-state index in [1.807, 2.05) is 7.05 Å². The first kappa shape index (κ1) is 14.9. The molecule has 1 atom stereocenters. The normalized spacial score (nSPS) is 20.2. The zero-order chi connectivity index (χ0) is 13.7. The summed E-state index contributed by atoms with van der Waals surface area (Å²) in [5.74, 6) is 0.721. The minimum atomic E-state index is 0.388. The summed E-state index contributed by atoms with van der Waals surface area (Å²) in [4.78, 5) is 0. The Morgan fingerprint density at radius 1 is 1.16 bits per heavy atom. The minimum Gasteiger partial charge on any atom is -0.319 e. The van der Waals surface area contributed by atoms with E-state index in [0.717, 1.165) is 17.5 Å². The van der Waals surface area contributed by atoms with Crippen molar-refractivity contribution in [3.63, 3.8) is 0 Å². The van der Waals surface area contributed by atoms with Crippen LogP contribution in [-0.2, 0) is 5.41 Å². The molecule has 1 nitrogen and oxygen atoms in total. The van der Waals surface area contributed by atoms with E-state index < -0.39 is 0 Å². The number of nitrogens with one attached hydrogen (secondary N) is 1. The van der Waals surface area contributed by atoms with Crippen molar-refractivity contribution in [2.24, 2.45) is 5.92 Å². The van der Waals surface area contributed by atoms with Gasteiger partial charge in [0.25, 0.3) is 0 Å². The van der Waals surface area contributed by atoms with Crippen LogP contribution in [0.1, 0.15) is 51.0 Å². The molecule has 106 valence electrons. The van der Waals surface area contributed by atoms with Crippen LogP contribution in [0.15, 0.2) is 24.3 Å². The molecule has 0 radical (unpaired) electrons. The molecule has 0 aliphatic heterocycles. The Labute approximate surface area is 122 Å². The molecule has 1 unspecified atom stereocenters. The SMILES string of the molecule is CNCC(C)CC1(c2ccc(Cl)cc2)CCCCC1. The second-order valence-corrected chi connectivity index (χ2v) is 6.65. The van der Waals surface area contributed by atoms with Gasteiger partial charge in [-0.05, 0) is 61.9 Å². The van der Waals surface area contributed by atoms with Crippen molar-refractivity contribution in [2.75, 3.05) is 13.6 Å². The predicted octanol–water partition coefficient (Wildman–Crippen LogP) is 4.79. The Kier molecular flexibility index (Phi) is 5.29. The van der Waals surface area contributed by atoms with E-state index >= 15 is 0 Å². The van der Waals surface area contributed by atoms with E-state index in [2.05, 4.69) is 36.5 Å². The smallest absolute Gasteiger partial charge is 0.0406 e. The summed E-state index contributed by atoms with van der Waals surface area (Å²) in [6, 6.07) is 8.60. The van der Waals surface area contributed by atoms with Crippen molar-refractivity contribution in [3.8, 4) is 0 Å². The lowest BCUT2D eigenvalue weighted by Crippen LogP contribution is -2.33. The third-order valence-electron chi connectivity index (χ3n) is 4.56. The highest BCUT2D eigenvalue weighted by Gasteiger charge is 2.34. The fourth-order valence-electron chi connectivity index (χ4n) is 3.73. The van der Waals surface area contributed by atoms with Gasteiger partial charge in [-0.2, -0.15) is 0 Å². The van der Waals surface area contributed by atoms with Gasteiger partial charge in [-0.15, -0.1) is 0 Å². The van der Waals surface area contributed by atoms with E-state index in [1.54, 1.807) is 0 Å². The van der Waals surface area contributed by atoms with Gasteiger partial charge in [0, 0.05) is 5.02 Å². The Balaban J connectivity index is 2.20. The van der Waals surface area contributed by atoms with Crippen molar-refractivity contribution >= 4 is 11.6 Å². The van der Waals surface area contributed by atoms with Crippen molar-refractivity contribution in [1.82, 2.24) is 5.32 Å². The number of halogens is 1. The summed E-state index contributed by atoms with van der Waals surface area (Å²) >= 11 is 6.04. The maximum absolute atomic E-state index is 6.04. The molecule has 1 N–H and O–H groups in total. The predicted molar refractivity (Wildman–Crippen MR) is 83.9 cm³/mol. The van der Waals surface area contributed by atoms with Crippen LogP contribution >= 0.6 is 11.6 Å². The highest BCUT2D eigenvalue weighted by Crippen LogP contribution is 2.44. The van der Waals surface area contributed by atoms with E-state index in [0.29, 0.717) is 5.41 Å². The van der Waals surface area contributed by atoms with Crippen LogP contribution in [0.2, 0.25) is 5.02 Å². The lowest BCUT2D eigenvalue weighted by molar-refractivity contribution is 0.237. The van der Waals surface area contributed by atoms with Crippen LogP contribution in [0.4, 0.5) is 0 Å². The number of hydrogen-bond acceptors (Lipinski definition) is 1. The Bertz CT molecular complexity index is 379. The average Bonchev–Trinajstić information content (AvgIpc) is 2.40. The molecule has 0 spiro atoms. The largest absolute Gasteiger partial charge is 0.319 e. The molecular weight excluding hydrogens is 254 g/mol. The van der Waals surface area contributed by atoms with Gasteiger partial charge < -0.3 is 5.32 Å². The van der Waals surface area contributed by atoms with Gasteiger partial charge in [0.05, 0.1) is 0 Å². The second-order valence-electron chi connectivity index (χ2n) is 6.21. The van der Waals surface area contributed by atoms with Gasteiger partial charge in [-0.25, -0.2) is 0 Å². The van der Waals surface area contributed by atoms with E-state index in [1.165, 1.54) is 44.1 Å². The molecule has 0 bridgehead atoms. The summed E-state index contributed by atoms with van der Waals surface area (Å²) in [5.41, 5.74) is 1.89. The quantitative estimate of drug-likeness (QED) is 0.817. The van der Waals surface area contributed by atoms with Crippen LogP contribution in [0.3, 0.4) is 0 Å². The van der Waals surface area contributed by atoms with Crippen LogP contribution in [0, 0.1) is 5.92 Å². The molecule has 1 aromatic carbocycles. The standard InChI is InChI=1S/C17H26ClN/c1-14(13-19-2)12-17(10-4-3-5-11-17)15-6-8-16(18)9-7-15/h6-9,14,19H,3-5,10-13H2,1-2H3. The molecule has 1 aliphatic carbocycles. The van der Waals surface area contributed by atoms with Gasteiger partial charge >= 0.3 is 0 Å². The molecule has 19 heavy (non-hydrogen) atoms. The fraction of sp³-hybridized carbons (Fsp3) is 0.647. The summed E-state index contributed by atoms with van der Waals surface area (Å²) < 4.78 is 0. The monoisotopic (exact) mass is 279 g/mol. The molecule has 2 rings (SSSR count).